The summed E-state index contributed by atoms with van der Waals surface area (Å²) in [6, 6.07) is 6.99. The fourth-order valence-electron chi connectivity index (χ4n) is 2.54. The fourth-order valence-corrected chi connectivity index (χ4v) is 2.54. The summed E-state index contributed by atoms with van der Waals surface area (Å²) in [5.74, 6) is -1.16. The van der Waals surface area contributed by atoms with E-state index in [0.717, 1.165) is 6.42 Å². The molecule has 2 unspecified atom stereocenters. The Bertz CT molecular complexity index is 500. The lowest BCUT2D eigenvalue weighted by Crippen LogP contribution is -2.29. The van der Waals surface area contributed by atoms with Crippen molar-refractivity contribution >= 4 is 17.6 Å². The molecule has 20 heavy (non-hydrogen) atoms. The lowest BCUT2D eigenvalue weighted by molar-refractivity contribution is -0.136. The van der Waals surface area contributed by atoms with E-state index in [9.17, 15) is 9.59 Å². The summed E-state index contributed by atoms with van der Waals surface area (Å²) in [5.41, 5.74) is 1.18. The first-order chi connectivity index (χ1) is 9.61. The first-order valence-corrected chi connectivity index (χ1v) is 6.84. The molecule has 1 amide bonds. The summed E-state index contributed by atoms with van der Waals surface area (Å²) in [5, 5.41) is 11.7. The van der Waals surface area contributed by atoms with Crippen LogP contribution in [0.2, 0.25) is 0 Å². The van der Waals surface area contributed by atoms with Gasteiger partial charge < -0.3 is 15.2 Å². The average molecular weight is 277 g/mol. The van der Waals surface area contributed by atoms with Crippen LogP contribution in [0.5, 0.6) is 0 Å². The van der Waals surface area contributed by atoms with E-state index in [1.54, 1.807) is 24.3 Å². The molecular formula is C15H19NO4. The number of aliphatic carboxylic acids is 1. The summed E-state index contributed by atoms with van der Waals surface area (Å²) in [6.07, 6.45) is 1.37. The predicted octanol–water partition coefficient (Wildman–Crippen LogP) is 2.07. The van der Waals surface area contributed by atoms with Crippen LogP contribution in [-0.4, -0.2) is 29.7 Å². The van der Waals surface area contributed by atoms with Crippen LogP contribution in [0.25, 0.3) is 0 Å². The van der Waals surface area contributed by atoms with Crippen LogP contribution in [-0.2, 0) is 20.7 Å². The van der Waals surface area contributed by atoms with Crippen molar-refractivity contribution in [1.82, 2.24) is 0 Å². The maximum absolute atomic E-state index is 12.3. The van der Waals surface area contributed by atoms with Crippen LogP contribution in [0.1, 0.15) is 25.3 Å². The molecule has 1 fully saturated rings. The van der Waals surface area contributed by atoms with E-state index in [1.165, 1.54) is 0 Å². The van der Waals surface area contributed by atoms with Gasteiger partial charge in [-0.25, -0.2) is 0 Å². The summed E-state index contributed by atoms with van der Waals surface area (Å²) < 4.78 is 5.51. The molecule has 2 rings (SSSR count). The maximum Gasteiger partial charge on any atom is 0.307 e. The smallest absolute Gasteiger partial charge is 0.307 e. The fraction of sp³-hybridized carbons (Fsp3) is 0.467. The zero-order chi connectivity index (χ0) is 14.5. The molecule has 0 aliphatic carbocycles. The Hall–Kier alpha value is -1.88. The molecule has 2 atom stereocenters. The van der Waals surface area contributed by atoms with Gasteiger partial charge in [-0.1, -0.05) is 25.1 Å². The monoisotopic (exact) mass is 277 g/mol. The third-order valence-electron chi connectivity index (χ3n) is 3.57. The van der Waals surface area contributed by atoms with Gasteiger partial charge in [0.05, 0.1) is 18.4 Å². The second kappa shape index (κ2) is 6.52. The second-order valence-electron chi connectivity index (χ2n) is 4.93. The van der Waals surface area contributed by atoms with Crippen LogP contribution in [0.15, 0.2) is 24.3 Å². The van der Waals surface area contributed by atoms with Crippen LogP contribution in [0.4, 0.5) is 5.69 Å². The summed E-state index contributed by atoms with van der Waals surface area (Å²) >= 11 is 0. The number of carboxylic acid groups (broad SMARTS) is 1. The Kier molecular flexibility index (Phi) is 4.74. The normalized spacial score (nSPS) is 21.6. The van der Waals surface area contributed by atoms with Gasteiger partial charge in [-0.05, 0) is 24.5 Å². The van der Waals surface area contributed by atoms with Gasteiger partial charge in [0.15, 0.2) is 0 Å². The van der Waals surface area contributed by atoms with E-state index < -0.39 is 5.97 Å². The van der Waals surface area contributed by atoms with Gasteiger partial charge in [0.25, 0.3) is 0 Å². The highest BCUT2D eigenvalue weighted by Crippen LogP contribution is 2.25. The first kappa shape index (κ1) is 14.5. The van der Waals surface area contributed by atoms with Gasteiger partial charge >= 0.3 is 5.97 Å². The van der Waals surface area contributed by atoms with Crippen LogP contribution in [0, 0.1) is 5.92 Å². The number of hydrogen-bond donors (Lipinski definition) is 2. The Morgan fingerprint density at radius 2 is 2.15 bits per heavy atom. The second-order valence-corrected chi connectivity index (χ2v) is 4.93. The van der Waals surface area contributed by atoms with Crippen molar-refractivity contribution in [2.24, 2.45) is 5.92 Å². The molecule has 1 saturated heterocycles. The molecule has 0 saturated carbocycles. The van der Waals surface area contributed by atoms with Gasteiger partial charge in [-0.15, -0.1) is 0 Å². The third kappa shape index (κ3) is 3.36. The first-order valence-electron chi connectivity index (χ1n) is 6.84. The predicted molar refractivity (Wildman–Crippen MR) is 74.5 cm³/mol. The Morgan fingerprint density at radius 1 is 1.40 bits per heavy atom. The standard InChI is InChI=1S/C15H19NO4/c1-2-13-11(7-8-20-13)15(19)16-12-6-4-3-5-10(12)9-14(17)18/h3-6,11,13H,2,7-9H2,1H3,(H,16,19)(H,17,18). The number of para-hydroxylation sites is 1. The number of nitrogens with one attached hydrogen (secondary N) is 1. The Labute approximate surface area is 117 Å². The Balaban J connectivity index is 2.09. The van der Waals surface area contributed by atoms with Crippen LogP contribution < -0.4 is 5.32 Å². The van der Waals surface area contributed by atoms with E-state index in [4.69, 9.17) is 9.84 Å². The molecule has 1 aliphatic rings. The van der Waals surface area contributed by atoms with Crippen molar-refractivity contribution < 1.29 is 19.4 Å². The highest BCUT2D eigenvalue weighted by atomic mass is 16.5. The number of carbonyl (C=O) groups is 2. The molecule has 5 heteroatoms. The average Bonchev–Trinajstić information content (AvgIpc) is 2.88. The van der Waals surface area contributed by atoms with Crippen LogP contribution in [0.3, 0.4) is 0 Å². The minimum Gasteiger partial charge on any atom is -0.481 e. The third-order valence-corrected chi connectivity index (χ3v) is 3.57. The quantitative estimate of drug-likeness (QED) is 0.864. The molecule has 108 valence electrons. The van der Waals surface area contributed by atoms with Gasteiger partial charge in [0.1, 0.15) is 0 Å². The molecule has 0 spiro atoms. The van der Waals surface area contributed by atoms with E-state index in [0.29, 0.717) is 24.3 Å². The molecule has 1 heterocycles. The SMILES string of the molecule is CCC1OCCC1C(=O)Nc1ccccc1CC(=O)O. The van der Waals surface area contributed by atoms with Crippen molar-refractivity contribution in [3.8, 4) is 0 Å². The number of benzene rings is 1. The highest BCUT2D eigenvalue weighted by molar-refractivity contribution is 5.94. The summed E-state index contributed by atoms with van der Waals surface area (Å²) in [7, 11) is 0. The van der Waals surface area contributed by atoms with Gasteiger partial charge in [0.2, 0.25) is 5.91 Å². The van der Waals surface area contributed by atoms with Gasteiger partial charge in [-0.2, -0.15) is 0 Å². The number of amides is 1. The highest BCUT2D eigenvalue weighted by Gasteiger charge is 2.32. The number of carbonyl (C=O) groups excluding carboxylic acids is 1. The van der Waals surface area contributed by atoms with Crippen molar-refractivity contribution in [2.45, 2.75) is 32.3 Å². The van der Waals surface area contributed by atoms with Gasteiger partial charge in [0, 0.05) is 12.3 Å². The topological polar surface area (TPSA) is 75.6 Å². The summed E-state index contributed by atoms with van der Waals surface area (Å²) in [6.45, 7) is 2.60. The number of rotatable bonds is 5. The molecule has 1 aromatic carbocycles. The lowest BCUT2D eigenvalue weighted by Gasteiger charge is -2.17. The Morgan fingerprint density at radius 3 is 2.85 bits per heavy atom. The zero-order valence-electron chi connectivity index (χ0n) is 11.5. The zero-order valence-corrected chi connectivity index (χ0v) is 11.5. The molecular weight excluding hydrogens is 258 g/mol. The van der Waals surface area contributed by atoms with E-state index in [1.807, 2.05) is 6.92 Å². The maximum atomic E-state index is 12.3. The van der Waals surface area contributed by atoms with Crippen molar-refractivity contribution in [3.05, 3.63) is 29.8 Å². The molecule has 5 nitrogen and oxygen atoms in total. The molecule has 0 bridgehead atoms. The van der Waals surface area contributed by atoms with Crippen molar-refractivity contribution in [3.63, 3.8) is 0 Å². The van der Waals surface area contributed by atoms with E-state index in [2.05, 4.69) is 5.32 Å². The van der Waals surface area contributed by atoms with Gasteiger partial charge in [-0.3, -0.25) is 9.59 Å². The van der Waals surface area contributed by atoms with Crippen molar-refractivity contribution in [2.75, 3.05) is 11.9 Å². The largest absolute Gasteiger partial charge is 0.481 e. The number of hydrogen-bond acceptors (Lipinski definition) is 3. The lowest BCUT2D eigenvalue weighted by atomic mass is 9.98. The number of anilines is 1. The molecule has 0 radical (unpaired) electrons. The van der Waals surface area contributed by atoms with Crippen LogP contribution >= 0.6 is 0 Å². The molecule has 0 aromatic heterocycles. The van der Waals surface area contributed by atoms with E-state index in [-0.39, 0.29) is 24.3 Å². The minimum atomic E-state index is -0.915. The van der Waals surface area contributed by atoms with E-state index >= 15 is 0 Å². The molecule has 2 N–H and O–H groups in total. The number of carboxylic acids is 1. The van der Waals surface area contributed by atoms with Crippen molar-refractivity contribution in [1.29, 1.82) is 0 Å². The molecule has 1 aromatic rings. The number of ether oxygens (including phenoxy) is 1. The molecule has 1 aliphatic heterocycles. The minimum absolute atomic E-state index is 0.0402. The summed E-state index contributed by atoms with van der Waals surface area (Å²) in [4.78, 5) is 23.1.